The number of aromatic nitrogens is 2. The summed E-state index contributed by atoms with van der Waals surface area (Å²) in [5.74, 6) is -0.146. The Hall–Kier alpha value is -3.53. The second-order valence-electron chi connectivity index (χ2n) is 8.81. The molecule has 0 bridgehead atoms. The topological polar surface area (TPSA) is 110 Å². The summed E-state index contributed by atoms with van der Waals surface area (Å²) < 4.78 is 25.0. The zero-order valence-corrected chi connectivity index (χ0v) is 20.0. The van der Waals surface area contributed by atoms with Crippen LogP contribution in [0.5, 0.6) is 0 Å². The van der Waals surface area contributed by atoms with Gasteiger partial charge in [0.2, 0.25) is 15.9 Å². The van der Waals surface area contributed by atoms with Crippen LogP contribution < -0.4 is 10.5 Å². The molecule has 0 unspecified atom stereocenters. The minimum Gasteiger partial charge on any atom is -0.326 e. The molecule has 1 aliphatic heterocycles. The monoisotopic (exact) mass is 489 g/mol. The fraction of sp³-hybridized carbons (Fsp3) is 0.231. The van der Waals surface area contributed by atoms with E-state index >= 15 is 0 Å². The van der Waals surface area contributed by atoms with Crippen LogP contribution in [0.3, 0.4) is 0 Å². The van der Waals surface area contributed by atoms with Crippen LogP contribution in [0.25, 0.3) is 16.9 Å². The smallest absolute Gasteiger partial charge is 0.238 e. The Kier molecular flexibility index (Phi) is 6.38. The maximum Gasteiger partial charge on any atom is 0.238 e. The van der Waals surface area contributed by atoms with Gasteiger partial charge in [-0.1, -0.05) is 36.4 Å². The third-order valence-electron chi connectivity index (χ3n) is 6.46. The lowest BCUT2D eigenvalue weighted by Gasteiger charge is -2.31. The Morgan fingerprint density at radius 3 is 2.34 bits per heavy atom. The standard InChI is InChI=1S/C26H27N5O3S/c27-35(33,34)22-11-9-21(10-12-22)28-26(32)20-13-16-30(17-14-20)18-23-25(19-6-2-1-3-7-19)29-24-8-4-5-15-31(23)24/h1-12,15,20H,13-14,16-18H2,(H,28,32)(H2,27,33,34). The van der Waals surface area contributed by atoms with Crippen molar-refractivity contribution in [2.24, 2.45) is 11.1 Å². The molecule has 3 heterocycles. The Labute approximate surface area is 204 Å². The number of primary sulfonamides is 1. The predicted octanol–water partition coefficient (Wildman–Crippen LogP) is 3.50. The van der Waals surface area contributed by atoms with Crippen molar-refractivity contribution in [2.75, 3.05) is 18.4 Å². The van der Waals surface area contributed by atoms with Crippen molar-refractivity contribution in [2.45, 2.75) is 24.3 Å². The number of sulfonamides is 1. The molecule has 0 atom stereocenters. The summed E-state index contributed by atoms with van der Waals surface area (Å²) in [6.07, 6.45) is 3.54. The fourth-order valence-electron chi connectivity index (χ4n) is 4.56. The second-order valence-corrected chi connectivity index (χ2v) is 10.4. The number of nitrogens with zero attached hydrogens (tertiary/aromatic N) is 3. The van der Waals surface area contributed by atoms with Gasteiger partial charge in [0.15, 0.2) is 0 Å². The van der Waals surface area contributed by atoms with Crippen LogP contribution in [0.1, 0.15) is 18.5 Å². The van der Waals surface area contributed by atoms with Gasteiger partial charge in [-0.15, -0.1) is 0 Å². The van der Waals surface area contributed by atoms with Crippen molar-refractivity contribution < 1.29 is 13.2 Å². The van der Waals surface area contributed by atoms with Gasteiger partial charge in [0.05, 0.1) is 16.3 Å². The highest BCUT2D eigenvalue weighted by Crippen LogP contribution is 2.28. The average molecular weight is 490 g/mol. The first-order valence-corrected chi connectivity index (χ1v) is 13.1. The van der Waals surface area contributed by atoms with Gasteiger partial charge < -0.3 is 9.72 Å². The number of rotatable bonds is 6. The molecule has 5 rings (SSSR count). The molecule has 3 N–H and O–H groups in total. The van der Waals surface area contributed by atoms with E-state index in [4.69, 9.17) is 10.1 Å². The van der Waals surface area contributed by atoms with Crippen LogP contribution in [0, 0.1) is 5.92 Å². The van der Waals surface area contributed by atoms with Gasteiger partial charge in [-0.25, -0.2) is 18.5 Å². The number of pyridine rings is 1. The molecule has 180 valence electrons. The van der Waals surface area contributed by atoms with E-state index in [-0.39, 0.29) is 16.7 Å². The molecule has 0 aliphatic carbocycles. The van der Waals surface area contributed by atoms with Gasteiger partial charge in [-0.3, -0.25) is 9.69 Å². The Morgan fingerprint density at radius 2 is 1.66 bits per heavy atom. The molecule has 1 amide bonds. The lowest BCUT2D eigenvalue weighted by Crippen LogP contribution is -2.38. The minimum atomic E-state index is -3.76. The zero-order valence-electron chi connectivity index (χ0n) is 19.2. The maximum absolute atomic E-state index is 12.8. The molecule has 9 heteroatoms. The second kappa shape index (κ2) is 9.61. The van der Waals surface area contributed by atoms with Crippen LogP contribution in [-0.4, -0.2) is 41.7 Å². The van der Waals surface area contributed by atoms with E-state index in [1.807, 2.05) is 42.6 Å². The van der Waals surface area contributed by atoms with Gasteiger partial charge in [0.1, 0.15) is 5.65 Å². The summed E-state index contributed by atoms with van der Waals surface area (Å²) in [5, 5.41) is 8.03. The molecule has 0 spiro atoms. The van der Waals surface area contributed by atoms with E-state index in [0.29, 0.717) is 5.69 Å². The van der Waals surface area contributed by atoms with Gasteiger partial charge in [0, 0.05) is 29.9 Å². The summed E-state index contributed by atoms with van der Waals surface area (Å²) in [4.78, 5) is 20.1. The fourth-order valence-corrected chi connectivity index (χ4v) is 5.08. The van der Waals surface area contributed by atoms with Crippen LogP contribution >= 0.6 is 0 Å². The minimum absolute atomic E-state index is 0.0195. The number of anilines is 1. The highest BCUT2D eigenvalue weighted by atomic mass is 32.2. The number of fused-ring (bicyclic) bond motifs is 1. The van der Waals surface area contributed by atoms with Crippen molar-refractivity contribution in [3.05, 3.63) is 84.7 Å². The van der Waals surface area contributed by atoms with E-state index in [1.54, 1.807) is 12.1 Å². The molecule has 1 saturated heterocycles. The average Bonchev–Trinajstić information content (AvgIpc) is 3.23. The van der Waals surface area contributed by atoms with Crippen LogP contribution in [0.15, 0.2) is 83.9 Å². The molecule has 1 fully saturated rings. The van der Waals surface area contributed by atoms with Crippen molar-refractivity contribution >= 4 is 27.3 Å². The number of likely N-dealkylation sites (tertiary alicyclic amines) is 1. The van der Waals surface area contributed by atoms with E-state index in [0.717, 1.165) is 55.1 Å². The van der Waals surface area contributed by atoms with Gasteiger partial charge in [-0.05, 0) is 62.3 Å². The number of nitrogens with two attached hydrogens (primary N) is 1. The molecule has 4 aromatic rings. The lowest BCUT2D eigenvalue weighted by molar-refractivity contribution is -0.121. The van der Waals surface area contributed by atoms with Gasteiger partial charge in [0.25, 0.3) is 0 Å². The number of amides is 1. The van der Waals surface area contributed by atoms with Crippen molar-refractivity contribution in [3.63, 3.8) is 0 Å². The molecule has 1 aliphatic rings. The highest BCUT2D eigenvalue weighted by molar-refractivity contribution is 7.89. The number of hydrogen-bond acceptors (Lipinski definition) is 5. The van der Waals surface area contributed by atoms with Crippen molar-refractivity contribution in [3.8, 4) is 11.3 Å². The number of nitrogens with one attached hydrogen (secondary N) is 1. The lowest BCUT2D eigenvalue weighted by atomic mass is 9.95. The Balaban J connectivity index is 1.25. The largest absolute Gasteiger partial charge is 0.326 e. The summed E-state index contributed by atoms with van der Waals surface area (Å²) in [7, 11) is -3.76. The first-order chi connectivity index (χ1) is 16.9. The quantitative estimate of drug-likeness (QED) is 0.431. The summed E-state index contributed by atoms with van der Waals surface area (Å²) in [5.41, 5.74) is 4.70. The number of hydrogen-bond donors (Lipinski definition) is 2. The predicted molar refractivity (Wildman–Crippen MR) is 135 cm³/mol. The van der Waals surface area contributed by atoms with E-state index in [1.165, 1.54) is 12.1 Å². The van der Waals surface area contributed by atoms with Crippen LogP contribution in [0.4, 0.5) is 5.69 Å². The van der Waals surface area contributed by atoms with E-state index < -0.39 is 10.0 Å². The number of carbonyl (C=O) groups excluding carboxylic acids is 1. The number of imidazole rings is 1. The first kappa shape index (κ1) is 23.2. The normalized spacial score (nSPS) is 15.3. The summed E-state index contributed by atoms with van der Waals surface area (Å²) in [6, 6.07) is 22.1. The SMILES string of the molecule is NS(=O)(=O)c1ccc(NC(=O)C2CCN(Cc3c(-c4ccccc4)nc4ccccn34)CC2)cc1. The van der Waals surface area contributed by atoms with Crippen LogP contribution in [0.2, 0.25) is 0 Å². The third kappa shape index (κ3) is 5.12. The first-order valence-electron chi connectivity index (χ1n) is 11.6. The molecule has 2 aromatic carbocycles. The highest BCUT2D eigenvalue weighted by Gasteiger charge is 2.26. The number of piperidine rings is 1. The number of carbonyl (C=O) groups is 1. The zero-order chi connectivity index (χ0) is 24.4. The van der Waals surface area contributed by atoms with E-state index in [2.05, 4.69) is 26.8 Å². The van der Waals surface area contributed by atoms with Gasteiger partial charge >= 0.3 is 0 Å². The van der Waals surface area contributed by atoms with Gasteiger partial charge in [-0.2, -0.15) is 0 Å². The van der Waals surface area contributed by atoms with Crippen molar-refractivity contribution in [1.82, 2.24) is 14.3 Å². The Bertz CT molecular complexity index is 1440. The van der Waals surface area contributed by atoms with E-state index in [9.17, 15) is 13.2 Å². The molecule has 0 radical (unpaired) electrons. The molecule has 8 nitrogen and oxygen atoms in total. The molecule has 2 aromatic heterocycles. The summed E-state index contributed by atoms with van der Waals surface area (Å²) in [6.45, 7) is 2.35. The maximum atomic E-state index is 12.8. The Morgan fingerprint density at radius 1 is 0.971 bits per heavy atom. The molecule has 0 saturated carbocycles. The van der Waals surface area contributed by atoms with Crippen LogP contribution in [-0.2, 0) is 21.4 Å². The van der Waals surface area contributed by atoms with Crippen molar-refractivity contribution in [1.29, 1.82) is 0 Å². The molecular weight excluding hydrogens is 462 g/mol. The number of benzene rings is 2. The molecular formula is C26H27N5O3S. The third-order valence-corrected chi connectivity index (χ3v) is 7.39. The summed E-state index contributed by atoms with van der Waals surface area (Å²) >= 11 is 0. The molecule has 35 heavy (non-hydrogen) atoms.